The van der Waals surface area contributed by atoms with E-state index in [0.717, 1.165) is 17.7 Å². The zero-order valence-corrected chi connectivity index (χ0v) is 13.3. The molecule has 1 aliphatic rings. The van der Waals surface area contributed by atoms with Gasteiger partial charge in [0.15, 0.2) is 0 Å². The van der Waals surface area contributed by atoms with Crippen molar-refractivity contribution in [3.8, 4) is 0 Å². The first-order valence-electron chi connectivity index (χ1n) is 7.98. The van der Waals surface area contributed by atoms with Crippen molar-refractivity contribution in [3.05, 3.63) is 60.4 Å². The van der Waals surface area contributed by atoms with Crippen molar-refractivity contribution in [3.63, 3.8) is 0 Å². The maximum atomic E-state index is 12.8. The minimum atomic E-state index is -0.686. The minimum Gasteiger partial charge on any atom is -0.368 e. The molecular weight excluding hydrogens is 304 g/mol. The summed E-state index contributed by atoms with van der Waals surface area (Å²) in [7, 11) is 0. The summed E-state index contributed by atoms with van der Waals surface area (Å²) in [5, 5.41) is 3.14. The van der Waals surface area contributed by atoms with Gasteiger partial charge in [-0.2, -0.15) is 0 Å². The molecule has 6 nitrogen and oxygen atoms in total. The molecule has 6 heteroatoms. The fourth-order valence-corrected chi connectivity index (χ4v) is 2.99. The van der Waals surface area contributed by atoms with Crippen LogP contribution in [0, 0.1) is 0 Å². The Balaban J connectivity index is 1.78. The first-order chi connectivity index (χ1) is 11.7. The molecule has 124 valence electrons. The summed E-state index contributed by atoms with van der Waals surface area (Å²) in [5.41, 5.74) is 7.07. The van der Waals surface area contributed by atoms with Gasteiger partial charge in [0, 0.05) is 12.7 Å². The number of anilines is 1. The SMILES string of the molecule is NC(=O)[C@@H](N[C@H]1CCCN(c2cccnc2)C1=O)c1ccccc1. The van der Waals surface area contributed by atoms with Gasteiger partial charge in [-0.05, 0) is 30.5 Å². The average Bonchev–Trinajstić information content (AvgIpc) is 2.62. The fourth-order valence-electron chi connectivity index (χ4n) is 2.99. The van der Waals surface area contributed by atoms with E-state index in [-0.39, 0.29) is 5.91 Å². The van der Waals surface area contributed by atoms with Crippen LogP contribution in [0.2, 0.25) is 0 Å². The zero-order chi connectivity index (χ0) is 16.9. The van der Waals surface area contributed by atoms with Crippen LogP contribution in [0.15, 0.2) is 54.9 Å². The minimum absolute atomic E-state index is 0.0589. The molecule has 2 aromatic rings. The van der Waals surface area contributed by atoms with Crippen molar-refractivity contribution in [2.75, 3.05) is 11.4 Å². The maximum Gasteiger partial charge on any atom is 0.244 e. The van der Waals surface area contributed by atoms with Gasteiger partial charge in [0.25, 0.3) is 0 Å². The van der Waals surface area contributed by atoms with Gasteiger partial charge in [0.05, 0.1) is 17.9 Å². The fraction of sp³-hybridized carbons (Fsp3) is 0.278. The number of primary amides is 1. The normalized spacial score (nSPS) is 19.1. The van der Waals surface area contributed by atoms with Crippen LogP contribution >= 0.6 is 0 Å². The highest BCUT2D eigenvalue weighted by molar-refractivity contribution is 5.98. The number of amides is 2. The Morgan fingerprint density at radius 1 is 1.25 bits per heavy atom. The molecule has 1 saturated heterocycles. The number of carbonyl (C=O) groups excluding carboxylic acids is 2. The van der Waals surface area contributed by atoms with E-state index >= 15 is 0 Å². The first-order valence-corrected chi connectivity index (χ1v) is 7.98. The van der Waals surface area contributed by atoms with Crippen LogP contribution in [-0.2, 0) is 9.59 Å². The Labute approximate surface area is 140 Å². The van der Waals surface area contributed by atoms with Crippen LogP contribution in [0.1, 0.15) is 24.4 Å². The summed E-state index contributed by atoms with van der Waals surface area (Å²) in [4.78, 5) is 30.4. The van der Waals surface area contributed by atoms with Crippen LogP contribution in [0.3, 0.4) is 0 Å². The molecule has 0 saturated carbocycles. The van der Waals surface area contributed by atoms with E-state index in [1.165, 1.54) is 0 Å². The van der Waals surface area contributed by atoms with Crippen molar-refractivity contribution >= 4 is 17.5 Å². The predicted molar refractivity (Wildman–Crippen MR) is 91.1 cm³/mol. The lowest BCUT2D eigenvalue weighted by molar-refractivity contribution is -0.123. The van der Waals surface area contributed by atoms with Crippen molar-refractivity contribution in [2.24, 2.45) is 5.73 Å². The molecule has 3 rings (SSSR count). The van der Waals surface area contributed by atoms with Crippen LogP contribution in [-0.4, -0.2) is 29.4 Å². The number of benzene rings is 1. The van der Waals surface area contributed by atoms with Crippen molar-refractivity contribution in [1.82, 2.24) is 10.3 Å². The third-order valence-electron chi connectivity index (χ3n) is 4.18. The van der Waals surface area contributed by atoms with Crippen LogP contribution in [0.25, 0.3) is 0 Å². The van der Waals surface area contributed by atoms with E-state index in [1.54, 1.807) is 23.4 Å². The standard InChI is InChI=1S/C18H20N4O2/c19-17(23)16(13-6-2-1-3-7-13)21-15-9-5-11-22(18(15)24)14-8-4-10-20-12-14/h1-4,6-8,10,12,15-16,21H,5,9,11H2,(H2,19,23)/t15-,16-/m0/s1. The lowest BCUT2D eigenvalue weighted by Gasteiger charge is -2.34. The summed E-state index contributed by atoms with van der Waals surface area (Å²) in [5.74, 6) is -0.552. The highest BCUT2D eigenvalue weighted by Crippen LogP contribution is 2.22. The average molecular weight is 324 g/mol. The number of hydrogen-bond donors (Lipinski definition) is 2. The molecule has 1 fully saturated rings. The number of nitrogens with zero attached hydrogens (tertiary/aromatic N) is 2. The second kappa shape index (κ2) is 7.23. The molecule has 3 N–H and O–H groups in total. The molecule has 0 unspecified atom stereocenters. The number of pyridine rings is 1. The van der Waals surface area contributed by atoms with Gasteiger partial charge in [-0.3, -0.25) is 19.9 Å². The van der Waals surface area contributed by atoms with E-state index in [9.17, 15) is 9.59 Å². The molecule has 1 aromatic carbocycles. The third-order valence-corrected chi connectivity index (χ3v) is 4.18. The highest BCUT2D eigenvalue weighted by atomic mass is 16.2. The van der Waals surface area contributed by atoms with Gasteiger partial charge < -0.3 is 10.6 Å². The van der Waals surface area contributed by atoms with E-state index in [2.05, 4.69) is 10.3 Å². The molecule has 2 atom stereocenters. The Kier molecular flexibility index (Phi) is 4.86. The van der Waals surface area contributed by atoms with E-state index < -0.39 is 18.0 Å². The van der Waals surface area contributed by atoms with Crippen LogP contribution < -0.4 is 16.0 Å². The van der Waals surface area contributed by atoms with Gasteiger partial charge in [-0.15, -0.1) is 0 Å². The molecule has 0 spiro atoms. The number of piperidine rings is 1. The zero-order valence-electron chi connectivity index (χ0n) is 13.3. The van der Waals surface area contributed by atoms with Crippen LogP contribution in [0.4, 0.5) is 5.69 Å². The van der Waals surface area contributed by atoms with Gasteiger partial charge >= 0.3 is 0 Å². The molecule has 1 aliphatic heterocycles. The predicted octanol–water partition coefficient (Wildman–Crippen LogP) is 1.39. The largest absolute Gasteiger partial charge is 0.368 e. The first kappa shape index (κ1) is 16.1. The number of hydrogen-bond acceptors (Lipinski definition) is 4. The summed E-state index contributed by atoms with van der Waals surface area (Å²) in [6, 6.07) is 11.7. The number of carbonyl (C=O) groups is 2. The Hall–Kier alpha value is -2.73. The lowest BCUT2D eigenvalue weighted by Crippen LogP contribution is -2.53. The highest BCUT2D eigenvalue weighted by Gasteiger charge is 2.32. The lowest BCUT2D eigenvalue weighted by atomic mass is 10.00. The smallest absolute Gasteiger partial charge is 0.244 e. The van der Waals surface area contributed by atoms with Gasteiger partial charge in [-0.1, -0.05) is 30.3 Å². The molecule has 1 aromatic heterocycles. The van der Waals surface area contributed by atoms with E-state index in [4.69, 9.17) is 5.73 Å². The van der Waals surface area contributed by atoms with Crippen molar-refractivity contribution in [1.29, 1.82) is 0 Å². The summed E-state index contributed by atoms with van der Waals surface area (Å²) in [6.07, 6.45) is 4.86. The van der Waals surface area contributed by atoms with E-state index in [1.807, 2.05) is 36.4 Å². The number of rotatable bonds is 5. The van der Waals surface area contributed by atoms with Crippen LogP contribution in [0.5, 0.6) is 0 Å². The molecule has 0 bridgehead atoms. The number of nitrogens with one attached hydrogen (secondary N) is 1. The Morgan fingerprint density at radius 3 is 2.71 bits per heavy atom. The van der Waals surface area contributed by atoms with Gasteiger partial charge in [0.1, 0.15) is 6.04 Å². The summed E-state index contributed by atoms with van der Waals surface area (Å²) in [6.45, 7) is 0.648. The molecule has 24 heavy (non-hydrogen) atoms. The second-order valence-electron chi connectivity index (χ2n) is 5.81. The Bertz CT molecular complexity index is 705. The Morgan fingerprint density at radius 2 is 2.04 bits per heavy atom. The molecule has 2 amide bonds. The molecule has 2 heterocycles. The summed E-state index contributed by atoms with van der Waals surface area (Å²) < 4.78 is 0. The van der Waals surface area contributed by atoms with E-state index in [0.29, 0.717) is 13.0 Å². The third kappa shape index (κ3) is 3.44. The maximum absolute atomic E-state index is 12.8. The molecule has 0 aliphatic carbocycles. The number of nitrogens with two attached hydrogens (primary N) is 1. The molecule has 0 radical (unpaired) electrons. The topological polar surface area (TPSA) is 88.3 Å². The van der Waals surface area contributed by atoms with Crippen molar-refractivity contribution < 1.29 is 9.59 Å². The second-order valence-corrected chi connectivity index (χ2v) is 5.81. The van der Waals surface area contributed by atoms with Gasteiger partial charge in [-0.25, -0.2) is 0 Å². The van der Waals surface area contributed by atoms with Gasteiger partial charge in [0.2, 0.25) is 11.8 Å². The molecular formula is C18H20N4O2. The summed E-state index contributed by atoms with van der Waals surface area (Å²) >= 11 is 0. The van der Waals surface area contributed by atoms with Crippen molar-refractivity contribution in [2.45, 2.75) is 24.9 Å². The number of aromatic nitrogens is 1. The monoisotopic (exact) mass is 324 g/mol. The quantitative estimate of drug-likeness (QED) is 0.870.